The molecule has 0 radical (unpaired) electrons. The van der Waals surface area contributed by atoms with Crippen LogP contribution in [-0.4, -0.2) is 40.0 Å². The highest BCUT2D eigenvalue weighted by Crippen LogP contribution is 2.11. The quantitative estimate of drug-likeness (QED) is 0.762. The van der Waals surface area contributed by atoms with E-state index in [9.17, 15) is 9.59 Å². The molecular weight excluding hydrogens is 356 g/mol. The van der Waals surface area contributed by atoms with Gasteiger partial charge in [-0.15, -0.1) is 0 Å². The lowest BCUT2D eigenvalue weighted by Gasteiger charge is -2.23. The van der Waals surface area contributed by atoms with E-state index in [2.05, 4.69) is 29.6 Å². The van der Waals surface area contributed by atoms with E-state index in [0.29, 0.717) is 18.0 Å². The molecule has 0 bridgehead atoms. The number of carbonyl (C=O) groups is 2. The summed E-state index contributed by atoms with van der Waals surface area (Å²) in [6.45, 7) is 9.90. The lowest BCUT2D eigenvalue weighted by molar-refractivity contribution is 0.0518. The van der Waals surface area contributed by atoms with E-state index in [4.69, 9.17) is 4.74 Å². The molecule has 0 fully saturated rings. The largest absolute Gasteiger partial charge is 0.444 e. The predicted molar refractivity (Wildman–Crippen MR) is 109 cm³/mol. The molecule has 0 saturated carbocycles. The van der Waals surface area contributed by atoms with Gasteiger partial charge < -0.3 is 15.4 Å². The van der Waals surface area contributed by atoms with E-state index in [-0.39, 0.29) is 11.9 Å². The van der Waals surface area contributed by atoms with E-state index in [1.165, 1.54) is 0 Å². The van der Waals surface area contributed by atoms with Gasteiger partial charge in [-0.1, -0.05) is 13.8 Å². The highest BCUT2D eigenvalue weighted by Gasteiger charge is 2.19. The van der Waals surface area contributed by atoms with Crippen molar-refractivity contribution in [2.24, 2.45) is 5.92 Å². The number of aromatic nitrogens is 2. The summed E-state index contributed by atoms with van der Waals surface area (Å²) in [5.41, 5.74) is 0.880. The normalized spacial score (nSPS) is 12.5. The van der Waals surface area contributed by atoms with Crippen LogP contribution in [0.3, 0.4) is 0 Å². The minimum absolute atomic E-state index is 0.177. The molecule has 1 heterocycles. The molecule has 0 unspecified atom stereocenters. The van der Waals surface area contributed by atoms with Gasteiger partial charge >= 0.3 is 6.09 Å². The number of hydrogen-bond acceptors (Lipinski definition) is 4. The van der Waals surface area contributed by atoms with Crippen molar-refractivity contribution in [3.63, 3.8) is 0 Å². The third-order valence-corrected chi connectivity index (χ3v) is 3.88. The Morgan fingerprint density at radius 3 is 2.39 bits per heavy atom. The molecular formula is C21H30N4O3. The van der Waals surface area contributed by atoms with Crippen molar-refractivity contribution in [1.82, 2.24) is 20.4 Å². The van der Waals surface area contributed by atoms with Crippen molar-refractivity contribution in [3.05, 3.63) is 48.3 Å². The summed E-state index contributed by atoms with van der Waals surface area (Å²) in [6.07, 6.45) is 3.80. The summed E-state index contributed by atoms with van der Waals surface area (Å²) >= 11 is 0. The zero-order chi connectivity index (χ0) is 20.7. The van der Waals surface area contributed by atoms with Crippen molar-refractivity contribution in [2.45, 2.75) is 52.7 Å². The summed E-state index contributed by atoms with van der Waals surface area (Å²) in [5.74, 6) is 0.191. The lowest BCUT2D eigenvalue weighted by atomic mass is 10.0. The van der Waals surface area contributed by atoms with Gasteiger partial charge in [0, 0.05) is 30.5 Å². The molecule has 2 aromatic rings. The molecule has 0 spiro atoms. The SMILES string of the molecule is CC(C)C[C@H](CNC(=O)OC(C)(C)C)NC(=O)c1ccc(-n2cccn2)cc1. The van der Waals surface area contributed by atoms with E-state index in [1.807, 2.05) is 45.2 Å². The molecule has 152 valence electrons. The number of hydrogen-bond donors (Lipinski definition) is 2. The molecule has 28 heavy (non-hydrogen) atoms. The third-order valence-electron chi connectivity index (χ3n) is 3.88. The molecule has 0 aliphatic heterocycles. The van der Waals surface area contributed by atoms with Crippen molar-refractivity contribution >= 4 is 12.0 Å². The van der Waals surface area contributed by atoms with Crippen molar-refractivity contribution in [1.29, 1.82) is 0 Å². The van der Waals surface area contributed by atoms with Crippen LogP contribution in [0.5, 0.6) is 0 Å². The molecule has 1 atom stereocenters. The zero-order valence-electron chi connectivity index (χ0n) is 17.2. The van der Waals surface area contributed by atoms with Crippen LogP contribution in [0, 0.1) is 5.92 Å². The van der Waals surface area contributed by atoms with Crippen LogP contribution in [0.15, 0.2) is 42.7 Å². The second-order valence-electron chi connectivity index (χ2n) is 8.18. The maximum Gasteiger partial charge on any atom is 0.407 e. The minimum atomic E-state index is -0.558. The number of amides is 2. The van der Waals surface area contributed by atoms with Gasteiger partial charge in [0.05, 0.1) is 5.69 Å². The van der Waals surface area contributed by atoms with Gasteiger partial charge in [0.25, 0.3) is 5.91 Å². The molecule has 2 amide bonds. The van der Waals surface area contributed by atoms with Gasteiger partial charge in [-0.25, -0.2) is 9.48 Å². The molecule has 1 aromatic carbocycles. The number of benzene rings is 1. The molecule has 0 aliphatic rings. The van der Waals surface area contributed by atoms with Crippen LogP contribution in [0.4, 0.5) is 4.79 Å². The Morgan fingerprint density at radius 2 is 1.86 bits per heavy atom. The first-order valence-corrected chi connectivity index (χ1v) is 9.52. The fraction of sp³-hybridized carbons (Fsp3) is 0.476. The summed E-state index contributed by atoms with van der Waals surface area (Å²) in [6, 6.07) is 8.87. The van der Waals surface area contributed by atoms with Gasteiger partial charge in [0.1, 0.15) is 5.60 Å². The monoisotopic (exact) mass is 386 g/mol. The molecule has 0 saturated heterocycles. The highest BCUT2D eigenvalue weighted by molar-refractivity contribution is 5.94. The Hall–Kier alpha value is -2.83. The lowest BCUT2D eigenvalue weighted by Crippen LogP contribution is -2.45. The van der Waals surface area contributed by atoms with E-state index in [1.54, 1.807) is 23.0 Å². The van der Waals surface area contributed by atoms with Gasteiger partial charge in [-0.3, -0.25) is 4.79 Å². The topological polar surface area (TPSA) is 85.3 Å². The Balaban J connectivity index is 1.97. The minimum Gasteiger partial charge on any atom is -0.444 e. The van der Waals surface area contributed by atoms with Crippen molar-refractivity contribution in [3.8, 4) is 5.69 Å². The Labute approximate surface area is 166 Å². The smallest absolute Gasteiger partial charge is 0.407 e. The molecule has 1 aromatic heterocycles. The molecule has 7 nitrogen and oxygen atoms in total. The average molecular weight is 386 g/mol. The molecule has 2 rings (SSSR count). The number of carbonyl (C=O) groups excluding carboxylic acids is 2. The van der Waals surface area contributed by atoms with Crippen LogP contribution < -0.4 is 10.6 Å². The van der Waals surface area contributed by atoms with Crippen molar-refractivity contribution in [2.75, 3.05) is 6.54 Å². The number of alkyl carbamates (subject to hydrolysis) is 1. The third kappa shape index (κ3) is 7.06. The standard InChI is InChI=1S/C21H30N4O3/c1-15(2)13-17(14-22-20(27)28-21(3,4)5)24-19(26)16-7-9-18(10-8-16)25-12-6-11-23-25/h6-12,15,17H,13-14H2,1-5H3,(H,22,27)(H,24,26)/t17-/m1/s1. The van der Waals surface area contributed by atoms with E-state index < -0.39 is 11.7 Å². The Bertz CT molecular complexity index is 762. The molecule has 0 aliphatic carbocycles. The summed E-state index contributed by atoms with van der Waals surface area (Å²) in [7, 11) is 0. The fourth-order valence-corrected chi connectivity index (χ4v) is 2.74. The number of nitrogens with zero attached hydrogens (tertiary/aromatic N) is 2. The first kappa shape index (κ1) is 21.5. The number of nitrogens with one attached hydrogen (secondary N) is 2. The van der Waals surface area contributed by atoms with E-state index in [0.717, 1.165) is 12.1 Å². The highest BCUT2D eigenvalue weighted by atomic mass is 16.6. The number of rotatable bonds is 7. The van der Waals surface area contributed by atoms with Gasteiger partial charge in [-0.05, 0) is 63.4 Å². The van der Waals surface area contributed by atoms with Crippen molar-refractivity contribution < 1.29 is 14.3 Å². The number of ether oxygens (including phenoxy) is 1. The Morgan fingerprint density at radius 1 is 1.18 bits per heavy atom. The van der Waals surface area contributed by atoms with Crippen LogP contribution in [0.25, 0.3) is 5.69 Å². The maximum atomic E-state index is 12.6. The van der Waals surface area contributed by atoms with Crippen LogP contribution in [0.1, 0.15) is 51.4 Å². The van der Waals surface area contributed by atoms with Gasteiger partial charge in [0.2, 0.25) is 0 Å². The molecule has 7 heteroatoms. The average Bonchev–Trinajstić information content (AvgIpc) is 3.12. The second kappa shape index (κ2) is 9.39. The zero-order valence-corrected chi connectivity index (χ0v) is 17.2. The first-order valence-electron chi connectivity index (χ1n) is 9.52. The second-order valence-corrected chi connectivity index (χ2v) is 8.18. The van der Waals surface area contributed by atoms with E-state index >= 15 is 0 Å². The summed E-state index contributed by atoms with van der Waals surface area (Å²) < 4.78 is 6.99. The van der Waals surface area contributed by atoms with Crippen LogP contribution in [-0.2, 0) is 4.74 Å². The predicted octanol–water partition coefficient (Wildman–Crippen LogP) is 3.54. The summed E-state index contributed by atoms with van der Waals surface area (Å²) in [5, 5.41) is 9.92. The van der Waals surface area contributed by atoms with Gasteiger partial charge in [0.15, 0.2) is 0 Å². The maximum absolute atomic E-state index is 12.6. The summed E-state index contributed by atoms with van der Waals surface area (Å²) in [4.78, 5) is 24.5. The van der Waals surface area contributed by atoms with Crippen LogP contribution in [0.2, 0.25) is 0 Å². The van der Waals surface area contributed by atoms with Gasteiger partial charge in [-0.2, -0.15) is 5.10 Å². The fourth-order valence-electron chi connectivity index (χ4n) is 2.74. The first-order chi connectivity index (χ1) is 13.1. The Kier molecular flexibility index (Phi) is 7.20. The molecule has 2 N–H and O–H groups in total. The van der Waals surface area contributed by atoms with Crippen LogP contribution >= 0.6 is 0 Å².